The highest BCUT2D eigenvalue weighted by molar-refractivity contribution is 7.78. The Morgan fingerprint density at radius 3 is 2.11 bits per heavy atom. The van der Waals surface area contributed by atoms with Crippen LogP contribution < -0.4 is 10.5 Å². The molecule has 0 aromatic rings. The van der Waals surface area contributed by atoms with Gasteiger partial charge in [-0.15, -0.1) is 0 Å². The smallest absolute Gasteiger partial charge is 0.258 e. The molecule has 4 heteroatoms. The average Bonchev–Trinajstić information content (AvgIpc) is 1.84. The fourth-order valence-electron chi connectivity index (χ4n) is 0.263. The minimum absolute atomic E-state index is 0.252. The number of amides is 1. The summed E-state index contributed by atoms with van der Waals surface area (Å²) in [7, 11) is 0. The van der Waals surface area contributed by atoms with Gasteiger partial charge in [0.25, 0.3) is 5.91 Å². The van der Waals surface area contributed by atoms with Crippen LogP contribution in [-0.2, 0) is 4.79 Å². The van der Waals surface area contributed by atoms with E-state index >= 15 is 0 Å². The first-order chi connectivity index (χ1) is 4.09. The minimum atomic E-state index is -0.252. The lowest BCUT2D eigenvalue weighted by molar-refractivity contribution is -0.115. The lowest BCUT2D eigenvalue weighted by Gasteiger charge is -1.98. The molecule has 0 heterocycles. The molecule has 0 atom stereocenters. The quantitative estimate of drug-likeness (QED) is 0.365. The van der Waals surface area contributed by atoms with Gasteiger partial charge in [0.1, 0.15) is 0 Å². The molecule has 9 heavy (non-hydrogen) atoms. The molecule has 1 amide bonds. The van der Waals surface area contributed by atoms with Crippen molar-refractivity contribution in [3.05, 3.63) is 11.3 Å². The third-order valence-electron chi connectivity index (χ3n) is 1.03. The number of rotatable bonds is 1. The van der Waals surface area contributed by atoms with Gasteiger partial charge in [-0.1, -0.05) is 12.8 Å². The average molecular weight is 146 g/mol. The summed E-state index contributed by atoms with van der Waals surface area (Å²) >= 11 is 3.56. The Bertz CT molecular complexity index is 149. The number of carbonyl (C=O) groups excluding carboxylic acids is 1. The van der Waals surface area contributed by atoms with E-state index in [9.17, 15) is 4.79 Å². The van der Waals surface area contributed by atoms with E-state index in [1.807, 2.05) is 0 Å². The van der Waals surface area contributed by atoms with Crippen molar-refractivity contribution in [2.24, 2.45) is 5.73 Å². The maximum Gasteiger partial charge on any atom is 0.258 e. The normalized spacial score (nSPS) is 12.3. The van der Waals surface area contributed by atoms with Gasteiger partial charge in [-0.25, -0.2) is 0 Å². The van der Waals surface area contributed by atoms with Gasteiger partial charge in [0.15, 0.2) is 0 Å². The number of nitrogens with one attached hydrogen (secondary N) is 1. The summed E-state index contributed by atoms with van der Waals surface area (Å²) in [5.74, 6) is -0.252. The second-order valence-corrected chi connectivity index (χ2v) is 1.97. The number of thiol groups is 1. The Labute approximate surface area is 59.9 Å². The van der Waals surface area contributed by atoms with Crippen molar-refractivity contribution >= 4 is 18.7 Å². The van der Waals surface area contributed by atoms with Crippen LogP contribution in [0, 0.1) is 0 Å². The molecule has 0 saturated heterocycles. The Morgan fingerprint density at radius 1 is 1.56 bits per heavy atom. The Balaban J connectivity index is 4.21. The van der Waals surface area contributed by atoms with Crippen molar-refractivity contribution < 1.29 is 4.79 Å². The van der Waals surface area contributed by atoms with Crippen molar-refractivity contribution in [2.75, 3.05) is 0 Å². The molecule has 0 unspecified atom stereocenters. The molecule has 52 valence electrons. The van der Waals surface area contributed by atoms with E-state index in [4.69, 9.17) is 5.73 Å². The lowest BCUT2D eigenvalue weighted by Crippen LogP contribution is -2.16. The SMILES string of the molecule is C/C(N)=C(/C)C(=O)NS. The Hall–Kier alpha value is -0.640. The highest BCUT2D eigenvalue weighted by atomic mass is 32.1. The van der Waals surface area contributed by atoms with Crippen LogP contribution in [0.25, 0.3) is 0 Å². The molecular weight excluding hydrogens is 136 g/mol. The largest absolute Gasteiger partial charge is 0.402 e. The van der Waals surface area contributed by atoms with Gasteiger partial charge in [-0.2, -0.15) is 0 Å². The van der Waals surface area contributed by atoms with Gasteiger partial charge in [0, 0.05) is 11.3 Å². The zero-order valence-electron chi connectivity index (χ0n) is 5.43. The zero-order valence-corrected chi connectivity index (χ0v) is 6.33. The van der Waals surface area contributed by atoms with Gasteiger partial charge < -0.3 is 5.73 Å². The summed E-state index contributed by atoms with van der Waals surface area (Å²) in [6.45, 7) is 3.30. The third-order valence-corrected chi connectivity index (χ3v) is 1.24. The standard InChI is InChI=1S/C5H10N2OS/c1-3(4(2)6)5(8)7-9/h9H,6H2,1-2H3,(H,7,8)/b4-3+. The molecule has 0 aliphatic heterocycles. The highest BCUT2D eigenvalue weighted by Gasteiger charge is 2.01. The molecular formula is C5H10N2OS. The second kappa shape index (κ2) is 3.40. The van der Waals surface area contributed by atoms with E-state index in [0.29, 0.717) is 11.3 Å². The molecule has 0 aliphatic rings. The first-order valence-electron chi connectivity index (χ1n) is 2.47. The molecule has 0 fully saturated rings. The minimum Gasteiger partial charge on any atom is -0.402 e. The fraction of sp³-hybridized carbons (Fsp3) is 0.400. The summed E-state index contributed by atoms with van der Waals surface area (Å²) in [4.78, 5) is 10.6. The monoisotopic (exact) mass is 146 g/mol. The van der Waals surface area contributed by atoms with Crippen molar-refractivity contribution in [1.29, 1.82) is 0 Å². The summed E-state index contributed by atoms with van der Waals surface area (Å²) in [6.07, 6.45) is 0. The van der Waals surface area contributed by atoms with E-state index in [1.54, 1.807) is 13.8 Å². The van der Waals surface area contributed by atoms with Gasteiger partial charge in [-0.3, -0.25) is 9.52 Å². The second-order valence-electron chi connectivity index (χ2n) is 1.75. The van der Waals surface area contributed by atoms with Gasteiger partial charge >= 0.3 is 0 Å². The lowest BCUT2D eigenvalue weighted by atomic mass is 10.2. The highest BCUT2D eigenvalue weighted by Crippen LogP contribution is 1.95. The van der Waals surface area contributed by atoms with E-state index in [2.05, 4.69) is 17.5 Å². The molecule has 0 rings (SSSR count). The van der Waals surface area contributed by atoms with Crippen LogP contribution in [0.3, 0.4) is 0 Å². The van der Waals surface area contributed by atoms with E-state index in [-0.39, 0.29) is 5.91 Å². The van der Waals surface area contributed by atoms with Crippen LogP contribution in [0.15, 0.2) is 11.3 Å². The number of hydrogen-bond donors (Lipinski definition) is 3. The van der Waals surface area contributed by atoms with Gasteiger partial charge in [0.05, 0.1) is 0 Å². The van der Waals surface area contributed by atoms with Crippen LogP contribution >= 0.6 is 12.8 Å². The third kappa shape index (κ3) is 2.41. The summed E-state index contributed by atoms with van der Waals surface area (Å²) < 4.78 is 2.16. The predicted octanol–water partition coefficient (Wildman–Crippen LogP) is 0.200. The van der Waals surface area contributed by atoms with Crippen molar-refractivity contribution in [2.45, 2.75) is 13.8 Å². The van der Waals surface area contributed by atoms with Crippen molar-refractivity contribution in [3.63, 3.8) is 0 Å². The van der Waals surface area contributed by atoms with E-state index < -0.39 is 0 Å². The first-order valence-corrected chi connectivity index (χ1v) is 2.91. The summed E-state index contributed by atoms with van der Waals surface area (Å²) in [6, 6.07) is 0. The van der Waals surface area contributed by atoms with Gasteiger partial charge in [-0.05, 0) is 13.8 Å². The summed E-state index contributed by atoms with van der Waals surface area (Å²) in [5.41, 5.74) is 6.32. The van der Waals surface area contributed by atoms with E-state index in [0.717, 1.165) is 0 Å². The molecule has 0 aromatic carbocycles. The maximum atomic E-state index is 10.6. The zero-order chi connectivity index (χ0) is 7.44. The van der Waals surface area contributed by atoms with Crippen LogP contribution in [-0.4, -0.2) is 5.91 Å². The van der Waals surface area contributed by atoms with Crippen LogP contribution in [0.4, 0.5) is 0 Å². The molecule has 3 nitrogen and oxygen atoms in total. The van der Waals surface area contributed by atoms with Crippen LogP contribution in [0.2, 0.25) is 0 Å². The van der Waals surface area contributed by atoms with Crippen LogP contribution in [0.1, 0.15) is 13.8 Å². The molecule has 0 radical (unpaired) electrons. The van der Waals surface area contributed by atoms with Gasteiger partial charge in [0.2, 0.25) is 0 Å². The molecule has 0 saturated carbocycles. The van der Waals surface area contributed by atoms with E-state index in [1.165, 1.54) is 0 Å². The van der Waals surface area contributed by atoms with Crippen molar-refractivity contribution in [3.8, 4) is 0 Å². The van der Waals surface area contributed by atoms with Crippen molar-refractivity contribution in [1.82, 2.24) is 4.72 Å². The molecule has 0 spiro atoms. The molecule has 0 bridgehead atoms. The molecule has 0 aromatic heterocycles. The molecule has 0 aliphatic carbocycles. The maximum absolute atomic E-state index is 10.6. The number of hydrogen-bond acceptors (Lipinski definition) is 3. The Kier molecular flexibility index (Phi) is 3.16. The fourth-order valence-corrected chi connectivity index (χ4v) is 0.431. The predicted molar refractivity (Wildman–Crippen MR) is 39.7 cm³/mol. The first kappa shape index (κ1) is 8.36. The Morgan fingerprint density at radius 2 is 2.00 bits per heavy atom. The topological polar surface area (TPSA) is 55.1 Å². The summed E-state index contributed by atoms with van der Waals surface area (Å²) in [5, 5.41) is 0. The number of allylic oxidation sites excluding steroid dienone is 1. The molecule has 3 N–H and O–H groups in total. The number of carbonyl (C=O) groups is 1. The van der Waals surface area contributed by atoms with Crippen LogP contribution in [0.5, 0.6) is 0 Å². The number of nitrogens with two attached hydrogens (primary N) is 1.